The standard InChI is InChI=1S/C17H13NO3S/c1-10-3-8-15-14(9-10)17(20)22-16(18-15)12-4-6-13(7-5-12)21-11(2)19/h3-9H,1-2H3. The number of carbonyl (C=O) groups excluding carboxylic acids is 1. The van der Waals surface area contributed by atoms with E-state index in [-0.39, 0.29) is 10.7 Å². The molecule has 0 unspecified atom stereocenters. The van der Waals surface area contributed by atoms with Crippen molar-refractivity contribution < 1.29 is 9.53 Å². The van der Waals surface area contributed by atoms with Gasteiger partial charge in [-0.3, -0.25) is 9.59 Å². The Kier molecular flexibility index (Phi) is 3.73. The fourth-order valence-electron chi connectivity index (χ4n) is 2.14. The van der Waals surface area contributed by atoms with E-state index in [1.807, 2.05) is 25.1 Å². The van der Waals surface area contributed by atoms with Gasteiger partial charge in [-0.15, -0.1) is 0 Å². The van der Waals surface area contributed by atoms with E-state index in [2.05, 4.69) is 4.98 Å². The van der Waals surface area contributed by atoms with Crippen molar-refractivity contribution in [3.8, 4) is 16.3 Å². The highest BCUT2D eigenvalue weighted by molar-refractivity contribution is 7.13. The highest BCUT2D eigenvalue weighted by Crippen LogP contribution is 2.24. The Morgan fingerprint density at radius 2 is 1.86 bits per heavy atom. The highest BCUT2D eigenvalue weighted by atomic mass is 32.1. The summed E-state index contributed by atoms with van der Waals surface area (Å²) in [6, 6.07) is 12.6. The van der Waals surface area contributed by atoms with Crippen molar-refractivity contribution in [2.24, 2.45) is 0 Å². The molecule has 0 saturated heterocycles. The quantitative estimate of drug-likeness (QED) is 0.536. The summed E-state index contributed by atoms with van der Waals surface area (Å²) in [4.78, 5) is 27.7. The Bertz CT molecular complexity index is 913. The van der Waals surface area contributed by atoms with Gasteiger partial charge >= 0.3 is 5.97 Å². The second-order valence-electron chi connectivity index (χ2n) is 4.95. The molecule has 0 saturated carbocycles. The molecule has 0 amide bonds. The molecule has 0 spiro atoms. The maximum absolute atomic E-state index is 12.2. The molecule has 1 aromatic heterocycles. The van der Waals surface area contributed by atoms with Gasteiger partial charge in [-0.2, -0.15) is 0 Å². The first kappa shape index (κ1) is 14.4. The van der Waals surface area contributed by atoms with Gasteiger partial charge in [0.2, 0.25) is 4.74 Å². The Hall–Kier alpha value is -2.53. The number of nitrogens with zero attached hydrogens (tertiary/aromatic N) is 1. The number of aromatic nitrogens is 1. The van der Waals surface area contributed by atoms with E-state index in [1.165, 1.54) is 6.92 Å². The molecular weight excluding hydrogens is 298 g/mol. The van der Waals surface area contributed by atoms with Crippen LogP contribution >= 0.6 is 11.3 Å². The van der Waals surface area contributed by atoms with Crippen LogP contribution in [0.25, 0.3) is 21.5 Å². The van der Waals surface area contributed by atoms with Crippen LogP contribution in [-0.4, -0.2) is 11.0 Å². The van der Waals surface area contributed by atoms with Crippen LogP contribution in [0.1, 0.15) is 12.5 Å². The molecule has 2 aromatic carbocycles. The van der Waals surface area contributed by atoms with Crippen LogP contribution in [0, 0.1) is 6.92 Å². The average molecular weight is 311 g/mol. The van der Waals surface area contributed by atoms with Gasteiger partial charge in [0.25, 0.3) is 0 Å². The minimum atomic E-state index is -0.364. The summed E-state index contributed by atoms with van der Waals surface area (Å²) in [6.07, 6.45) is 0. The van der Waals surface area contributed by atoms with Crippen LogP contribution in [0.5, 0.6) is 5.75 Å². The smallest absolute Gasteiger partial charge is 0.308 e. The van der Waals surface area contributed by atoms with Gasteiger partial charge in [0.1, 0.15) is 10.8 Å². The molecule has 0 N–H and O–H groups in total. The van der Waals surface area contributed by atoms with Crippen molar-refractivity contribution in [1.29, 1.82) is 0 Å². The molecular formula is C17H13NO3S. The Morgan fingerprint density at radius 1 is 1.14 bits per heavy atom. The summed E-state index contributed by atoms with van der Waals surface area (Å²) in [5, 5.41) is 1.29. The lowest BCUT2D eigenvalue weighted by Gasteiger charge is -2.04. The third-order valence-corrected chi connectivity index (χ3v) is 4.07. The third-order valence-electron chi connectivity index (χ3n) is 3.15. The minimum absolute atomic E-state index is 0.00670. The molecule has 3 rings (SSSR count). The van der Waals surface area contributed by atoms with E-state index in [0.29, 0.717) is 21.7 Å². The summed E-state index contributed by atoms with van der Waals surface area (Å²) in [5.41, 5.74) is 2.55. The zero-order chi connectivity index (χ0) is 15.7. The minimum Gasteiger partial charge on any atom is -0.427 e. The topological polar surface area (TPSA) is 56.3 Å². The van der Waals surface area contributed by atoms with Crippen LogP contribution < -0.4 is 9.48 Å². The maximum Gasteiger partial charge on any atom is 0.308 e. The van der Waals surface area contributed by atoms with Gasteiger partial charge in [-0.25, -0.2) is 4.98 Å². The zero-order valence-corrected chi connectivity index (χ0v) is 12.9. The first-order chi connectivity index (χ1) is 10.5. The SMILES string of the molecule is CC(=O)Oc1ccc(-c2nc3ccc(C)cc3c(=O)s2)cc1. The van der Waals surface area contributed by atoms with Crippen LogP contribution in [0.4, 0.5) is 0 Å². The van der Waals surface area contributed by atoms with Crippen molar-refractivity contribution in [2.45, 2.75) is 13.8 Å². The summed E-state index contributed by atoms with van der Waals surface area (Å²) >= 11 is 1.11. The molecule has 0 bridgehead atoms. The van der Waals surface area contributed by atoms with Crippen molar-refractivity contribution in [2.75, 3.05) is 0 Å². The van der Waals surface area contributed by atoms with Gasteiger partial charge in [0.15, 0.2) is 0 Å². The number of hydrogen-bond acceptors (Lipinski definition) is 5. The largest absolute Gasteiger partial charge is 0.427 e. The molecule has 0 aliphatic carbocycles. The molecule has 110 valence electrons. The van der Waals surface area contributed by atoms with Crippen LogP contribution in [0.15, 0.2) is 47.3 Å². The van der Waals surface area contributed by atoms with Crippen LogP contribution in [-0.2, 0) is 4.79 Å². The number of esters is 1. The summed E-state index contributed by atoms with van der Waals surface area (Å²) in [6.45, 7) is 3.30. The van der Waals surface area contributed by atoms with Crippen molar-refractivity contribution in [3.05, 3.63) is 57.6 Å². The predicted octanol–water partition coefficient (Wildman–Crippen LogP) is 3.56. The summed E-state index contributed by atoms with van der Waals surface area (Å²) < 4.78 is 4.99. The van der Waals surface area contributed by atoms with E-state index in [9.17, 15) is 9.59 Å². The molecule has 4 nitrogen and oxygen atoms in total. The molecule has 0 radical (unpaired) electrons. The van der Waals surface area contributed by atoms with Gasteiger partial charge in [-0.05, 0) is 43.3 Å². The zero-order valence-electron chi connectivity index (χ0n) is 12.1. The monoisotopic (exact) mass is 311 g/mol. The lowest BCUT2D eigenvalue weighted by atomic mass is 10.2. The number of rotatable bonds is 2. The van der Waals surface area contributed by atoms with Gasteiger partial charge in [0.05, 0.1) is 10.9 Å². The van der Waals surface area contributed by atoms with Crippen molar-refractivity contribution >= 4 is 28.2 Å². The lowest BCUT2D eigenvalue weighted by molar-refractivity contribution is -0.131. The maximum atomic E-state index is 12.2. The number of ether oxygens (including phenoxy) is 1. The normalized spacial score (nSPS) is 10.6. The van der Waals surface area contributed by atoms with Gasteiger partial charge < -0.3 is 4.74 Å². The fourth-order valence-corrected chi connectivity index (χ4v) is 2.99. The van der Waals surface area contributed by atoms with E-state index in [4.69, 9.17) is 4.74 Å². The third kappa shape index (κ3) is 2.89. The molecule has 1 heterocycles. The van der Waals surface area contributed by atoms with E-state index < -0.39 is 0 Å². The summed E-state index contributed by atoms with van der Waals surface area (Å²) in [5.74, 6) is 0.108. The first-order valence-corrected chi connectivity index (χ1v) is 7.55. The van der Waals surface area contributed by atoms with E-state index in [0.717, 1.165) is 22.5 Å². The molecule has 3 aromatic rings. The number of carbonyl (C=O) groups is 1. The number of fused-ring (bicyclic) bond motifs is 1. The van der Waals surface area contributed by atoms with E-state index >= 15 is 0 Å². The fraction of sp³-hybridized carbons (Fsp3) is 0.118. The second-order valence-corrected chi connectivity index (χ2v) is 5.91. The highest BCUT2D eigenvalue weighted by Gasteiger charge is 2.08. The van der Waals surface area contributed by atoms with Crippen LogP contribution in [0.2, 0.25) is 0 Å². The van der Waals surface area contributed by atoms with Gasteiger partial charge in [0, 0.05) is 12.5 Å². The van der Waals surface area contributed by atoms with Crippen molar-refractivity contribution in [3.63, 3.8) is 0 Å². The Labute approximate surface area is 131 Å². The van der Waals surface area contributed by atoms with E-state index in [1.54, 1.807) is 24.3 Å². The predicted molar refractivity (Wildman–Crippen MR) is 87.4 cm³/mol. The number of aryl methyl sites for hydroxylation is 1. The Morgan fingerprint density at radius 3 is 2.55 bits per heavy atom. The average Bonchev–Trinajstić information content (AvgIpc) is 2.48. The van der Waals surface area contributed by atoms with Gasteiger partial charge in [-0.1, -0.05) is 23.0 Å². The van der Waals surface area contributed by atoms with Crippen molar-refractivity contribution in [1.82, 2.24) is 4.98 Å². The molecule has 0 fully saturated rings. The second kappa shape index (κ2) is 5.69. The van der Waals surface area contributed by atoms with Crippen LogP contribution in [0.3, 0.4) is 0 Å². The summed E-state index contributed by atoms with van der Waals surface area (Å²) in [7, 11) is 0. The number of hydrogen-bond donors (Lipinski definition) is 0. The Balaban J connectivity index is 2.05. The molecule has 5 heteroatoms. The number of benzene rings is 2. The molecule has 0 aliphatic heterocycles. The molecule has 22 heavy (non-hydrogen) atoms. The first-order valence-electron chi connectivity index (χ1n) is 6.73. The molecule has 0 aliphatic rings. The molecule has 0 atom stereocenters. The lowest BCUT2D eigenvalue weighted by Crippen LogP contribution is -2.01.